The number of ether oxygens (including phenoxy) is 1. The minimum Gasteiger partial charge on any atom is -0.367 e. The Balaban J connectivity index is 2.18. The van der Waals surface area contributed by atoms with Crippen molar-refractivity contribution < 1.29 is 26.7 Å². The van der Waals surface area contributed by atoms with Gasteiger partial charge in [-0.25, -0.2) is 8.42 Å². The van der Waals surface area contributed by atoms with E-state index in [-0.39, 0.29) is 6.54 Å². The number of nitrogens with zero attached hydrogens (tertiary/aromatic N) is 1. The second kappa shape index (κ2) is 5.94. The normalized spacial score (nSPS) is 19.8. The zero-order valence-corrected chi connectivity index (χ0v) is 11.7. The summed E-state index contributed by atoms with van der Waals surface area (Å²) in [6.07, 6.45) is -0.747. The highest BCUT2D eigenvalue weighted by Gasteiger charge is 2.28. The Bertz CT molecular complexity index is 619. The van der Waals surface area contributed by atoms with Gasteiger partial charge in [-0.15, -0.1) is 0 Å². The van der Waals surface area contributed by atoms with Crippen molar-refractivity contribution in [3.8, 4) is 0 Å². The van der Waals surface area contributed by atoms with Gasteiger partial charge in [0.05, 0.1) is 18.0 Å². The lowest BCUT2D eigenvalue weighted by Gasteiger charge is -2.33. The minimum absolute atomic E-state index is 0.232. The largest absolute Gasteiger partial charge is 0.367 e. The molecule has 0 aliphatic carbocycles. The molecule has 6 nitrogen and oxygen atoms in total. The first kappa shape index (κ1) is 15.6. The monoisotopic (exact) mass is 320 g/mol. The average molecular weight is 320 g/mol. The fourth-order valence-corrected chi connectivity index (χ4v) is 2.73. The molecule has 1 aliphatic heterocycles. The maximum atomic E-state index is 12.4. The number of halogens is 2. The van der Waals surface area contributed by atoms with Gasteiger partial charge in [0.2, 0.25) is 15.7 Å². The molecule has 1 saturated heterocycles. The molecule has 0 bridgehead atoms. The van der Waals surface area contributed by atoms with Crippen LogP contribution in [-0.2, 0) is 19.4 Å². The van der Waals surface area contributed by atoms with Crippen molar-refractivity contribution >= 4 is 21.4 Å². The van der Waals surface area contributed by atoms with E-state index in [1.807, 2.05) is 0 Å². The summed E-state index contributed by atoms with van der Waals surface area (Å²) in [7, 11) is -4.60. The van der Waals surface area contributed by atoms with E-state index in [1.54, 1.807) is 4.90 Å². The number of carbonyl (C=O) groups excluding carboxylic acids is 1. The zero-order chi connectivity index (χ0) is 15.6. The second-order valence-electron chi connectivity index (χ2n) is 4.51. The number of hydrogen-bond donors (Lipinski definition) is 1. The van der Waals surface area contributed by atoms with E-state index in [2.05, 4.69) is 0 Å². The van der Waals surface area contributed by atoms with Crippen molar-refractivity contribution in [1.82, 2.24) is 0 Å². The van der Waals surface area contributed by atoms with Crippen LogP contribution in [0, 0.1) is 0 Å². The van der Waals surface area contributed by atoms with Crippen LogP contribution in [0.4, 0.5) is 14.5 Å². The summed E-state index contributed by atoms with van der Waals surface area (Å²) in [6, 6.07) is 5.06. The first-order chi connectivity index (χ1) is 9.82. The Labute approximate surface area is 120 Å². The number of hydrogen-bond acceptors (Lipinski definition) is 5. The van der Waals surface area contributed by atoms with Crippen molar-refractivity contribution in [2.24, 2.45) is 5.73 Å². The number of anilines is 1. The molecule has 9 heteroatoms. The lowest BCUT2D eigenvalue weighted by atomic mass is 10.2. The van der Waals surface area contributed by atoms with Gasteiger partial charge < -0.3 is 15.4 Å². The maximum Gasteiger partial charge on any atom is 0.341 e. The number of benzene rings is 1. The third kappa shape index (κ3) is 3.30. The summed E-state index contributed by atoms with van der Waals surface area (Å²) < 4.78 is 52.7. The van der Waals surface area contributed by atoms with Crippen LogP contribution in [0.2, 0.25) is 0 Å². The third-order valence-electron chi connectivity index (χ3n) is 3.15. The Morgan fingerprint density at radius 3 is 2.48 bits per heavy atom. The highest BCUT2D eigenvalue weighted by Crippen LogP contribution is 2.23. The predicted octanol–water partition coefficient (Wildman–Crippen LogP) is 0.373. The lowest BCUT2D eigenvalue weighted by Crippen LogP contribution is -2.48. The quantitative estimate of drug-likeness (QED) is 0.866. The third-order valence-corrected chi connectivity index (χ3v) is 4.55. The molecule has 1 fully saturated rings. The number of sulfone groups is 1. The summed E-state index contributed by atoms with van der Waals surface area (Å²) in [5.74, 6) is -4.04. The topological polar surface area (TPSA) is 89.7 Å². The van der Waals surface area contributed by atoms with Gasteiger partial charge >= 0.3 is 5.76 Å². The standard InChI is InChI=1S/C12H14F2N2O4S/c13-12(14)21(18,19)9-3-1-8(2-4-9)16-5-6-20-10(7-16)11(15)17/h1-4,10,12H,5-7H2,(H2,15,17). The second-order valence-corrected chi connectivity index (χ2v) is 6.43. The molecule has 116 valence electrons. The molecule has 1 aromatic rings. The number of rotatable bonds is 4. The first-order valence-electron chi connectivity index (χ1n) is 6.10. The van der Waals surface area contributed by atoms with Gasteiger partial charge in [0, 0.05) is 12.2 Å². The summed E-state index contributed by atoms with van der Waals surface area (Å²) in [5.41, 5.74) is 5.78. The molecule has 0 aromatic heterocycles. The molecule has 1 aromatic carbocycles. The molecule has 1 amide bonds. The minimum atomic E-state index is -4.60. The maximum absolute atomic E-state index is 12.4. The van der Waals surface area contributed by atoms with Crippen molar-refractivity contribution in [2.45, 2.75) is 16.8 Å². The van der Waals surface area contributed by atoms with Gasteiger partial charge in [-0.05, 0) is 24.3 Å². The van der Waals surface area contributed by atoms with Crippen LogP contribution in [0.1, 0.15) is 0 Å². The molecular formula is C12H14F2N2O4S. The molecule has 0 spiro atoms. The van der Waals surface area contributed by atoms with Crippen LogP contribution >= 0.6 is 0 Å². The van der Waals surface area contributed by atoms with E-state index in [0.29, 0.717) is 18.8 Å². The molecule has 2 N–H and O–H groups in total. The average Bonchev–Trinajstić information content (AvgIpc) is 2.47. The molecule has 1 heterocycles. The molecule has 0 saturated carbocycles. The predicted molar refractivity (Wildman–Crippen MR) is 70.8 cm³/mol. The Kier molecular flexibility index (Phi) is 4.43. The number of nitrogens with two attached hydrogens (primary N) is 1. The number of amides is 1. The Morgan fingerprint density at radius 1 is 1.33 bits per heavy atom. The van der Waals surface area contributed by atoms with E-state index in [1.165, 1.54) is 12.1 Å². The summed E-state index contributed by atoms with van der Waals surface area (Å²) in [5, 5.41) is 0. The molecule has 0 radical (unpaired) electrons. The molecule has 21 heavy (non-hydrogen) atoms. The lowest BCUT2D eigenvalue weighted by molar-refractivity contribution is -0.130. The van der Waals surface area contributed by atoms with Gasteiger partial charge in [-0.1, -0.05) is 0 Å². The van der Waals surface area contributed by atoms with E-state index in [0.717, 1.165) is 12.1 Å². The van der Waals surface area contributed by atoms with Crippen LogP contribution in [0.3, 0.4) is 0 Å². The molecule has 1 unspecified atom stereocenters. The van der Waals surface area contributed by atoms with E-state index in [9.17, 15) is 22.0 Å². The molecular weight excluding hydrogens is 306 g/mol. The van der Waals surface area contributed by atoms with Crippen molar-refractivity contribution in [3.63, 3.8) is 0 Å². The van der Waals surface area contributed by atoms with Crippen molar-refractivity contribution in [2.75, 3.05) is 24.6 Å². The van der Waals surface area contributed by atoms with Crippen molar-refractivity contribution in [3.05, 3.63) is 24.3 Å². The van der Waals surface area contributed by atoms with Gasteiger partial charge in [0.25, 0.3) is 0 Å². The number of alkyl halides is 2. The summed E-state index contributed by atoms with van der Waals surface area (Å²) >= 11 is 0. The SMILES string of the molecule is NC(=O)C1CN(c2ccc(S(=O)(=O)C(F)F)cc2)CCO1. The van der Waals surface area contributed by atoms with Gasteiger partial charge in [0.1, 0.15) is 0 Å². The zero-order valence-electron chi connectivity index (χ0n) is 10.9. The molecule has 1 aliphatic rings. The Hall–Kier alpha value is -1.74. The van der Waals surface area contributed by atoms with E-state index >= 15 is 0 Å². The van der Waals surface area contributed by atoms with Crippen LogP contribution in [0.15, 0.2) is 29.2 Å². The highest BCUT2D eigenvalue weighted by atomic mass is 32.2. The fraction of sp³-hybridized carbons (Fsp3) is 0.417. The van der Waals surface area contributed by atoms with E-state index in [4.69, 9.17) is 10.5 Å². The fourth-order valence-electron chi connectivity index (χ4n) is 2.01. The van der Waals surface area contributed by atoms with Crippen LogP contribution in [-0.4, -0.2) is 45.9 Å². The summed E-state index contributed by atoms with van der Waals surface area (Å²) in [6.45, 7) is 1.02. The first-order valence-corrected chi connectivity index (χ1v) is 7.65. The van der Waals surface area contributed by atoms with Crippen LogP contribution < -0.4 is 10.6 Å². The highest BCUT2D eigenvalue weighted by molar-refractivity contribution is 7.91. The van der Waals surface area contributed by atoms with Crippen LogP contribution in [0.25, 0.3) is 0 Å². The van der Waals surface area contributed by atoms with Crippen molar-refractivity contribution in [1.29, 1.82) is 0 Å². The van der Waals surface area contributed by atoms with Gasteiger partial charge in [-0.2, -0.15) is 8.78 Å². The molecule has 1 atom stereocenters. The summed E-state index contributed by atoms with van der Waals surface area (Å²) in [4.78, 5) is 12.4. The Morgan fingerprint density at radius 2 is 1.95 bits per heavy atom. The number of morpholine rings is 1. The van der Waals surface area contributed by atoms with E-state index < -0.39 is 32.5 Å². The smallest absolute Gasteiger partial charge is 0.341 e. The number of primary amides is 1. The number of carbonyl (C=O) groups is 1. The molecule has 2 rings (SSSR count). The van der Waals surface area contributed by atoms with Gasteiger partial charge in [0.15, 0.2) is 6.10 Å². The van der Waals surface area contributed by atoms with Crippen LogP contribution in [0.5, 0.6) is 0 Å². The van der Waals surface area contributed by atoms with Gasteiger partial charge in [-0.3, -0.25) is 4.79 Å².